The van der Waals surface area contributed by atoms with Crippen LogP contribution in [-0.2, 0) is 22.7 Å². The predicted octanol–water partition coefficient (Wildman–Crippen LogP) is 1.46. The Balaban J connectivity index is 1.50. The third kappa shape index (κ3) is 4.26. The number of hydrogen-bond donors (Lipinski definition) is 0. The summed E-state index contributed by atoms with van der Waals surface area (Å²) in [6.07, 6.45) is 8.19. The minimum Gasteiger partial charge on any atom is -0.377 e. The normalized spacial score (nSPS) is 20.1. The highest BCUT2D eigenvalue weighted by Gasteiger charge is 2.30. The largest absolute Gasteiger partial charge is 0.377 e. The zero-order chi connectivity index (χ0) is 16.1. The molecule has 0 atom stereocenters. The lowest BCUT2D eigenvalue weighted by Gasteiger charge is -2.31. The first-order chi connectivity index (χ1) is 11.3. The molecule has 2 fully saturated rings. The van der Waals surface area contributed by atoms with Gasteiger partial charge in [0.25, 0.3) is 0 Å². The summed E-state index contributed by atoms with van der Waals surface area (Å²) in [7, 11) is 1.64. The van der Waals surface area contributed by atoms with Gasteiger partial charge in [-0.25, -0.2) is 9.97 Å². The van der Waals surface area contributed by atoms with Crippen LogP contribution in [0, 0.1) is 5.92 Å². The molecule has 6 heteroatoms. The molecule has 1 aliphatic carbocycles. The van der Waals surface area contributed by atoms with E-state index in [-0.39, 0.29) is 0 Å². The Morgan fingerprint density at radius 2 is 1.96 bits per heavy atom. The Morgan fingerprint density at radius 3 is 2.61 bits per heavy atom. The Bertz CT molecular complexity index is 516. The molecule has 0 N–H and O–H groups in total. The minimum absolute atomic E-state index is 0.309. The van der Waals surface area contributed by atoms with Gasteiger partial charge in [-0.1, -0.05) is 6.42 Å². The van der Waals surface area contributed by atoms with Gasteiger partial charge in [-0.3, -0.25) is 9.69 Å². The summed E-state index contributed by atoms with van der Waals surface area (Å²) < 4.78 is 5.03. The summed E-state index contributed by atoms with van der Waals surface area (Å²) >= 11 is 0. The molecule has 1 saturated heterocycles. The first-order valence-corrected chi connectivity index (χ1v) is 8.56. The molecule has 2 heterocycles. The third-order valence-corrected chi connectivity index (χ3v) is 4.79. The van der Waals surface area contributed by atoms with E-state index in [4.69, 9.17) is 4.74 Å². The van der Waals surface area contributed by atoms with Gasteiger partial charge in [-0.05, 0) is 19.3 Å². The number of aromatic nitrogens is 2. The highest BCUT2D eigenvalue weighted by Crippen LogP contribution is 2.28. The summed E-state index contributed by atoms with van der Waals surface area (Å²) in [4.78, 5) is 25.5. The molecule has 126 valence electrons. The smallest absolute Gasteiger partial charge is 0.225 e. The second kappa shape index (κ2) is 7.84. The molecule has 0 aromatic carbocycles. The van der Waals surface area contributed by atoms with Crippen molar-refractivity contribution in [1.82, 2.24) is 19.8 Å². The maximum Gasteiger partial charge on any atom is 0.225 e. The number of rotatable bonds is 5. The van der Waals surface area contributed by atoms with Crippen LogP contribution in [0.2, 0.25) is 0 Å². The molecule has 3 rings (SSSR count). The Morgan fingerprint density at radius 1 is 1.17 bits per heavy atom. The number of amides is 1. The molecule has 1 aromatic rings. The molecule has 0 spiro atoms. The van der Waals surface area contributed by atoms with Gasteiger partial charge in [0, 0.05) is 63.7 Å². The summed E-state index contributed by atoms with van der Waals surface area (Å²) in [5, 5.41) is 0. The van der Waals surface area contributed by atoms with Crippen LogP contribution in [0.1, 0.15) is 37.1 Å². The zero-order valence-corrected chi connectivity index (χ0v) is 13.9. The van der Waals surface area contributed by atoms with Gasteiger partial charge in [-0.15, -0.1) is 0 Å². The summed E-state index contributed by atoms with van der Waals surface area (Å²) in [6.45, 7) is 4.99. The molecule has 0 radical (unpaired) electrons. The van der Waals surface area contributed by atoms with Crippen LogP contribution in [-0.4, -0.2) is 59.0 Å². The molecule has 1 aliphatic heterocycles. The molecule has 0 unspecified atom stereocenters. The Kier molecular flexibility index (Phi) is 5.56. The molecule has 6 nitrogen and oxygen atoms in total. The summed E-state index contributed by atoms with van der Waals surface area (Å²) in [5.74, 6) is 1.40. The number of carbonyl (C=O) groups is 1. The van der Waals surface area contributed by atoms with Crippen LogP contribution < -0.4 is 0 Å². The fourth-order valence-electron chi connectivity index (χ4n) is 3.19. The number of hydrogen-bond acceptors (Lipinski definition) is 5. The van der Waals surface area contributed by atoms with E-state index in [1.807, 2.05) is 12.4 Å². The molecular weight excluding hydrogens is 292 g/mol. The maximum atomic E-state index is 12.4. The maximum absolute atomic E-state index is 12.4. The van der Waals surface area contributed by atoms with Crippen LogP contribution in [0.15, 0.2) is 12.4 Å². The fourth-order valence-corrected chi connectivity index (χ4v) is 3.19. The van der Waals surface area contributed by atoms with E-state index in [2.05, 4.69) is 19.8 Å². The molecule has 1 aromatic heterocycles. The molecule has 0 bridgehead atoms. The number of methoxy groups -OCH3 is 1. The van der Waals surface area contributed by atoms with Gasteiger partial charge in [-0.2, -0.15) is 0 Å². The number of nitrogens with zero attached hydrogens (tertiary/aromatic N) is 4. The van der Waals surface area contributed by atoms with Crippen molar-refractivity contribution in [1.29, 1.82) is 0 Å². The van der Waals surface area contributed by atoms with Crippen molar-refractivity contribution < 1.29 is 9.53 Å². The molecule has 1 amide bonds. The van der Waals surface area contributed by atoms with Crippen molar-refractivity contribution in [2.24, 2.45) is 5.92 Å². The average molecular weight is 318 g/mol. The van der Waals surface area contributed by atoms with Gasteiger partial charge in [0.1, 0.15) is 6.61 Å². The lowest BCUT2D eigenvalue weighted by molar-refractivity contribution is -0.138. The Labute approximate surface area is 137 Å². The molecule has 23 heavy (non-hydrogen) atoms. The van der Waals surface area contributed by atoms with Crippen molar-refractivity contribution in [3.05, 3.63) is 23.8 Å². The first-order valence-electron chi connectivity index (χ1n) is 8.56. The van der Waals surface area contributed by atoms with E-state index in [0.29, 0.717) is 24.3 Å². The van der Waals surface area contributed by atoms with Crippen LogP contribution in [0.4, 0.5) is 0 Å². The van der Waals surface area contributed by atoms with Crippen molar-refractivity contribution >= 4 is 5.91 Å². The first kappa shape index (κ1) is 16.3. The molecular formula is C17H26N4O2. The van der Waals surface area contributed by atoms with Gasteiger partial charge in [0.15, 0.2) is 5.82 Å². The highest BCUT2D eigenvalue weighted by atomic mass is 16.5. The quantitative estimate of drug-likeness (QED) is 0.822. The van der Waals surface area contributed by atoms with Gasteiger partial charge in [0.2, 0.25) is 5.91 Å². The topological polar surface area (TPSA) is 58.6 Å². The molecule has 2 aliphatic rings. The second-order valence-electron chi connectivity index (χ2n) is 6.52. The standard InChI is InChI=1S/C17H26N4O2/c1-23-13-16-18-10-14(11-19-16)12-20-6-3-7-21(9-8-20)17(22)15-4-2-5-15/h10-11,15H,2-9,12-13H2,1H3. The minimum atomic E-state index is 0.309. The molecule has 1 saturated carbocycles. The van der Waals surface area contributed by atoms with E-state index in [0.717, 1.165) is 57.5 Å². The van der Waals surface area contributed by atoms with E-state index in [1.165, 1.54) is 6.42 Å². The lowest BCUT2D eigenvalue weighted by atomic mass is 9.84. The van der Waals surface area contributed by atoms with Crippen LogP contribution >= 0.6 is 0 Å². The Hall–Kier alpha value is -1.53. The van der Waals surface area contributed by atoms with E-state index < -0.39 is 0 Å². The van der Waals surface area contributed by atoms with E-state index in [1.54, 1.807) is 7.11 Å². The van der Waals surface area contributed by atoms with Crippen LogP contribution in [0.25, 0.3) is 0 Å². The third-order valence-electron chi connectivity index (χ3n) is 4.79. The van der Waals surface area contributed by atoms with Gasteiger partial charge < -0.3 is 9.64 Å². The highest BCUT2D eigenvalue weighted by molar-refractivity contribution is 5.79. The lowest BCUT2D eigenvalue weighted by Crippen LogP contribution is -2.41. The van der Waals surface area contributed by atoms with Crippen molar-refractivity contribution in [2.75, 3.05) is 33.3 Å². The van der Waals surface area contributed by atoms with Crippen LogP contribution in [0.5, 0.6) is 0 Å². The van der Waals surface area contributed by atoms with Gasteiger partial charge in [0.05, 0.1) is 0 Å². The summed E-state index contributed by atoms with van der Waals surface area (Å²) in [6, 6.07) is 0. The number of carbonyl (C=O) groups excluding carboxylic acids is 1. The fraction of sp³-hybridized carbons (Fsp3) is 0.706. The summed E-state index contributed by atoms with van der Waals surface area (Å²) in [5.41, 5.74) is 1.11. The average Bonchev–Trinajstić information content (AvgIpc) is 2.73. The number of ether oxygens (including phenoxy) is 1. The predicted molar refractivity (Wildman–Crippen MR) is 86.6 cm³/mol. The zero-order valence-electron chi connectivity index (χ0n) is 13.9. The van der Waals surface area contributed by atoms with E-state index in [9.17, 15) is 4.79 Å². The monoisotopic (exact) mass is 318 g/mol. The van der Waals surface area contributed by atoms with Gasteiger partial charge >= 0.3 is 0 Å². The van der Waals surface area contributed by atoms with Crippen molar-refractivity contribution in [2.45, 2.75) is 38.8 Å². The van der Waals surface area contributed by atoms with Crippen molar-refractivity contribution in [3.63, 3.8) is 0 Å². The SMILES string of the molecule is COCc1ncc(CN2CCCN(C(=O)C3CCC3)CC2)cn1. The second-order valence-corrected chi connectivity index (χ2v) is 6.52. The van der Waals surface area contributed by atoms with Crippen LogP contribution in [0.3, 0.4) is 0 Å². The van der Waals surface area contributed by atoms with E-state index >= 15 is 0 Å². The van der Waals surface area contributed by atoms with Crippen molar-refractivity contribution in [3.8, 4) is 0 Å².